The zero-order valence-electron chi connectivity index (χ0n) is 30.9. The molecule has 1 amide bonds. The molecule has 0 bridgehead atoms. The maximum atomic E-state index is 14.0. The third-order valence-electron chi connectivity index (χ3n) is 7.33. The zero-order chi connectivity index (χ0) is 39.5. The Labute approximate surface area is 301 Å². The van der Waals surface area contributed by atoms with Crippen molar-refractivity contribution in [2.24, 2.45) is 9.98 Å². The molecule has 1 aromatic carbocycles. The van der Waals surface area contributed by atoms with Crippen molar-refractivity contribution in [2.45, 2.75) is 67.2 Å². The molecule has 0 aliphatic rings. The van der Waals surface area contributed by atoms with Crippen LogP contribution in [0, 0.1) is 13.8 Å². The largest absolute Gasteiger partial charge is 0.495 e. The predicted octanol–water partition coefficient (Wildman–Crippen LogP) is 9.60. The highest BCUT2D eigenvalue weighted by Crippen LogP contribution is 2.34. The summed E-state index contributed by atoms with van der Waals surface area (Å²) in [5.41, 5.74) is 3.77. The molecule has 15 heteroatoms. The number of benzene rings is 1. The van der Waals surface area contributed by atoms with Crippen LogP contribution in [0.2, 0.25) is 0 Å². The Hall–Kier alpha value is -5.08. The number of aromatic nitrogens is 2. The van der Waals surface area contributed by atoms with Gasteiger partial charge < -0.3 is 19.7 Å². The Morgan fingerprint density at radius 3 is 2.33 bits per heavy atom. The molecule has 52 heavy (non-hydrogen) atoms. The van der Waals surface area contributed by atoms with Gasteiger partial charge in [0.25, 0.3) is 12.3 Å². The molecule has 9 nitrogen and oxygen atoms in total. The smallest absolute Gasteiger partial charge is 0.265 e. The van der Waals surface area contributed by atoms with Gasteiger partial charge in [-0.2, -0.15) is 0 Å². The molecule has 1 heterocycles. The standard InChI is InChI=1S/C36H46F4N6O3.CH2F2/c1-11-22(2)18-29(36(47)45(9)17-15-37)35(41-8)43-31-21-30(24(4)19-32(31)48-10)42-16-14-23(3)12-13-28(34(39)40)26(6)46-25(5)20-33(44-46)49-27(7)38;2-1-3/h12-13,16,18-21,27,34,43H,3,8,11,14-15,17H2,1-2,4-7,9-10H3;1H2/b13-12-,22-18-,28-26-,35-29-,42-16?;. The van der Waals surface area contributed by atoms with E-state index < -0.39 is 32.3 Å². The second kappa shape index (κ2) is 22.7. The number of rotatable bonds is 18. The molecule has 1 unspecified atom stereocenters. The number of likely N-dealkylation sites (N-methyl/N-ethyl adjacent to an activating group) is 1. The van der Waals surface area contributed by atoms with Crippen LogP contribution in [0.3, 0.4) is 0 Å². The minimum atomic E-state index is -2.82. The lowest BCUT2D eigenvalue weighted by Crippen LogP contribution is -2.30. The summed E-state index contributed by atoms with van der Waals surface area (Å²) in [6.45, 7) is 15.1. The number of allylic oxidation sites excluding steroid dienone is 6. The number of aryl methyl sites for hydroxylation is 2. The Balaban J connectivity index is 0.00000434. The summed E-state index contributed by atoms with van der Waals surface area (Å²) >= 11 is 0. The van der Waals surface area contributed by atoms with Crippen molar-refractivity contribution in [3.63, 3.8) is 0 Å². The zero-order valence-corrected chi connectivity index (χ0v) is 30.9. The third-order valence-corrected chi connectivity index (χ3v) is 7.33. The monoisotopic (exact) mass is 738 g/mol. The number of halogens is 6. The number of alkyl halides is 6. The molecule has 1 N–H and O–H groups in total. The van der Waals surface area contributed by atoms with Crippen LogP contribution in [0.15, 0.2) is 81.1 Å². The number of nitrogens with one attached hydrogen (secondary N) is 1. The first kappa shape index (κ1) is 44.9. The number of carbonyl (C=O) groups is 1. The Kier molecular flexibility index (Phi) is 19.6. The van der Waals surface area contributed by atoms with E-state index in [9.17, 15) is 31.1 Å². The van der Waals surface area contributed by atoms with Crippen LogP contribution in [0.1, 0.15) is 51.8 Å². The first-order chi connectivity index (χ1) is 24.6. The lowest BCUT2D eigenvalue weighted by atomic mass is 10.1. The first-order valence-electron chi connectivity index (χ1n) is 16.1. The van der Waals surface area contributed by atoms with Gasteiger partial charge in [-0.3, -0.25) is 9.79 Å². The van der Waals surface area contributed by atoms with Crippen molar-refractivity contribution in [3.8, 4) is 11.6 Å². The van der Waals surface area contributed by atoms with Gasteiger partial charge in [0.05, 0.1) is 24.1 Å². The number of amides is 1. The Morgan fingerprint density at radius 2 is 1.79 bits per heavy atom. The Bertz CT molecular complexity index is 1680. The summed E-state index contributed by atoms with van der Waals surface area (Å²) in [7, 11) is 3.01. The second-order valence-electron chi connectivity index (χ2n) is 11.3. The van der Waals surface area contributed by atoms with E-state index in [1.165, 1.54) is 55.8 Å². The molecule has 0 fully saturated rings. The number of ether oxygens (including phenoxy) is 2. The molecule has 0 spiro atoms. The lowest BCUT2D eigenvalue weighted by molar-refractivity contribution is -0.125. The van der Waals surface area contributed by atoms with E-state index in [-0.39, 0.29) is 41.5 Å². The van der Waals surface area contributed by atoms with Gasteiger partial charge in [-0.25, -0.2) is 36.0 Å². The quantitative estimate of drug-likeness (QED) is 0.0712. The number of aliphatic imine (C=N–C) groups is 2. The summed E-state index contributed by atoms with van der Waals surface area (Å²) in [4.78, 5) is 23.2. The van der Waals surface area contributed by atoms with Gasteiger partial charge in [0.2, 0.25) is 19.2 Å². The molecular weight excluding hydrogens is 690 g/mol. The van der Waals surface area contributed by atoms with Crippen molar-refractivity contribution in [2.75, 3.05) is 39.6 Å². The maximum Gasteiger partial charge on any atom is 0.265 e. The van der Waals surface area contributed by atoms with Crippen molar-refractivity contribution >= 4 is 35.9 Å². The number of anilines is 1. The molecule has 0 aliphatic heterocycles. The fourth-order valence-electron chi connectivity index (χ4n) is 4.43. The molecule has 0 aliphatic carbocycles. The van der Waals surface area contributed by atoms with Crippen LogP contribution in [-0.4, -0.2) is 80.6 Å². The van der Waals surface area contributed by atoms with E-state index >= 15 is 0 Å². The molecule has 0 radical (unpaired) electrons. The first-order valence-corrected chi connectivity index (χ1v) is 16.1. The van der Waals surface area contributed by atoms with Gasteiger partial charge in [-0.15, -0.1) is 5.10 Å². The van der Waals surface area contributed by atoms with Crippen LogP contribution in [0.25, 0.3) is 5.70 Å². The van der Waals surface area contributed by atoms with E-state index in [1.807, 2.05) is 20.8 Å². The molecule has 286 valence electrons. The predicted molar refractivity (Wildman–Crippen MR) is 197 cm³/mol. The van der Waals surface area contributed by atoms with E-state index in [0.29, 0.717) is 34.8 Å². The SMILES string of the molecule is C=N/C(Nc1cc(N=CCC(=C)/C=C\C(=C(/C)n2nc(OC(C)F)cc2C)C(F)F)c(C)cc1OC)=C(\C=C(\C)CC)C(=O)N(C)CCF.FCF. The summed E-state index contributed by atoms with van der Waals surface area (Å²) in [6.07, 6.45) is 2.54. The molecule has 1 aromatic heterocycles. The van der Waals surface area contributed by atoms with Crippen molar-refractivity contribution in [1.29, 1.82) is 0 Å². The molecule has 1 atom stereocenters. The second-order valence-corrected chi connectivity index (χ2v) is 11.3. The van der Waals surface area contributed by atoms with Crippen LogP contribution < -0.4 is 14.8 Å². The number of methoxy groups -OCH3 is 1. The lowest BCUT2D eigenvalue weighted by Gasteiger charge is -2.20. The molecule has 2 aromatic rings. The van der Waals surface area contributed by atoms with Crippen LogP contribution in [0.5, 0.6) is 11.6 Å². The number of nitrogens with zero attached hydrogens (tertiary/aromatic N) is 5. The average molecular weight is 739 g/mol. The van der Waals surface area contributed by atoms with E-state index in [1.54, 1.807) is 31.3 Å². The Morgan fingerprint density at radius 1 is 1.13 bits per heavy atom. The number of hydrogen-bond acceptors (Lipinski definition) is 7. The summed E-state index contributed by atoms with van der Waals surface area (Å²) in [5, 5.41) is 7.22. The van der Waals surface area contributed by atoms with Gasteiger partial charge in [0.15, 0.2) is 0 Å². The highest BCUT2D eigenvalue weighted by atomic mass is 19.3. The van der Waals surface area contributed by atoms with E-state index in [0.717, 1.165) is 11.1 Å². The fraction of sp³-hybridized carbons (Fsp3) is 0.405. The number of hydrogen-bond donors (Lipinski definition) is 1. The minimum absolute atomic E-state index is 0.0104. The summed E-state index contributed by atoms with van der Waals surface area (Å²) in [5.74, 6) is 0.172. The van der Waals surface area contributed by atoms with Crippen LogP contribution in [-0.2, 0) is 4.79 Å². The van der Waals surface area contributed by atoms with E-state index in [4.69, 9.17) is 9.47 Å². The summed E-state index contributed by atoms with van der Waals surface area (Å²) < 4.78 is 85.4. The molecule has 0 saturated heterocycles. The van der Waals surface area contributed by atoms with Gasteiger partial charge in [-0.1, -0.05) is 31.2 Å². The fourth-order valence-corrected chi connectivity index (χ4v) is 4.43. The van der Waals surface area contributed by atoms with Crippen LogP contribution >= 0.6 is 0 Å². The van der Waals surface area contributed by atoms with E-state index in [2.05, 4.69) is 33.7 Å². The average Bonchev–Trinajstić information content (AvgIpc) is 3.45. The van der Waals surface area contributed by atoms with Gasteiger partial charge in [0, 0.05) is 56.2 Å². The highest BCUT2D eigenvalue weighted by Gasteiger charge is 2.20. The minimum Gasteiger partial charge on any atom is -0.495 e. The van der Waals surface area contributed by atoms with Crippen molar-refractivity contribution in [1.82, 2.24) is 14.7 Å². The third kappa shape index (κ3) is 13.9. The molecular formula is C37H48F6N6O3. The number of carbonyl (C=O) groups excluding carboxylic acids is 1. The molecule has 2 rings (SSSR count). The topological polar surface area (TPSA) is 93.3 Å². The summed E-state index contributed by atoms with van der Waals surface area (Å²) in [6, 6.07) is 4.94. The van der Waals surface area contributed by atoms with Crippen molar-refractivity contribution < 1.29 is 40.6 Å². The maximum absolute atomic E-state index is 14.0. The highest BCUT2D eigenvalue weighted by molar-refractivity contribution is 5.97. The normalized spacial score (nSPS) is 13.3. The van der Waals surface area contributed by atoms with Crippen molar-refractivity contribution in [3.05, 3.63) is 82.4 Å². The van der Waals surface area contributed by atoms with Crippen LogP contribution in [0.4, 0.5) is 37.7 Å². The molecule has 0 saturated carbocycles. The van der Waals surface area contributed by atoms with Gasteiger partial charge >= 0.3 is 0 Å². The van der Waals surface area contributed by atoms with Gasteiger partial charge in [0.1, 0.15) is 18.2 Å². The van der Waals surface area contributed by atoms with Gasteiger partial charge in [-0.05, 0) is 70.2 Å².